The topological polar surface area (TPSA) is 54.4 Å². The second-order valence-electron chi connectivity index (χ2n) is 10.7. The summed E-state index contributed by atoms with van der Waals surface area (Å²) in [5.74, 6) is 0.259. The van der Waals surface area contributed by atoms with Crippen molar-refractivity contribution in [2.45, 2.75) is 187 Å². The zero-order valence-electron chi connectivity index (χ0n) is 23.2. The summed E-state index contributed by atoms with van der Waals surface area (Å²) in [6, 6.07) is 0. The van der Waals surface area contributed by atoms with Crippen molar-refractivity contribution in [3.63, 3.8) is 0 Å². The first-order valence-corrected chi connectivity index (χ1v) is 15.3. The molecule has 0 aliphatic heterocycles. The molecule has 0 rings (SSSR count). The smallest absolute Gasteiger partial charge is 0.140 e. The predicted octanol–water partition coefficient (Wildman–Crippen LogP) is 9.67. The third kappa shape index (κ3) is 25.9. The minimum Gasteiger partial charge on any atom is -0.393 e. The average molecular weight is 481 g/mol. The number of rotatable bonds is 28. The number of carbonyl (C=O) groups is 2. The second kappa shape index (κ2) is 26.9. The summed E-state index contributed by atoms with van der Waals surface area (Å²) < 4.78 is 0. The second-order valence-corrected chi connectivity index (χ2v) is 10.7. The van der Waals surface area contributed by atoms with Crippen molar-refractivity contribution < 1.29 is 14.7 Å². The van der Waals surface area contributed by atoms with Crippen LogP contribution in [0.25, 0.3) is 0 Å². The van der Waals surface area contributed by atoms with Gasteiger partial charge in [-0.2, -0.15) is 0 Å². The number of unbranched alkanes of at least 4 members (excludes halogenated alkanes) is 18. The molecule has 0 aromatic heterocycles. The predicted molar refractivity (Wildman–Crippen MR) is 147 cm³/mol. The van der Waals surface area contributed by atoms with Gasteiger partial charge in [0.2, 0.25) is 0 Å². The van der Waals surface area contributed by atoms with Crippen molar-refractivity contribution >= 4 is 11.6 Å². The molecule has 0 radical (unpaired) electrons. The van der Waals surface area contributed by atoms with E-state index >= 15 is 0 Å². The van der Waals surface area contributed by atoms with Gasteiger partial charge >= 0.3 is 0 Å². The number of Topliss-reactive ketones (excluding diaryl/α,β-unsaturated/α-hetero) is 2. The highest BCUT2D eigenvalue weighted by Gasteiger charge is 2.09. The molecule has 0 spiro atoms. The maximum absolute atomic E-state index is 12.0. The Hall–Kier alpha value is -0.700. The number of hydrogen-bond donors (Lipinski definition) is 1. The van der Waals surface area contributed by atoms with Crippen LogP contribution in [0.1, 0.15) is 181 Å². The maximum atomic E-state index is 12.0. The summed E-state index contributed by atoms with van der Waals surface area (Å²) in [7, 11) is 0. The molecule has 1 N–H and O–H groups in total. The van der Waals surface area contributed by atoms with Gasteiger partial charge in [0.05, 0.1) is 12.5 Å². The SMILES string of the molecule is CCCCCCCCCCCCCCCC(=O)CC(=O)CCCCCC[C@H](O)CCCCCC. The number of aliphatic hydroxyl groups excluding tert-OH is 1. The summed E-state index contributed by atoms with van der Waals surface area (Å²) in [6.45, 7) is 4.47. The van der Waals surface area contributed by atoms with E-state index in [1.165, 1.54) is 89.9 Å². The van der Waals surface area contributed by atoms with Gasteiger partial charge in [-0.3, -0.25) is 9.59 Å². The molecule has 0 bridgehead atoms. The minimum absolute atomic E-state index is 0.121. The van der Waals surface area contributed by atoms with E-state index in [1.807, 2.05) is 0 Å². The average Bonchev–Trinajstić information content (AvgIpc) is 2.82. The summed E-state index contributed by atoms with van der Waals surface area (Å²) in [5, 5.41) is 9.99. The largest absolute Gasteiger partial charge is 0.393 e. The maximum Gasteiger partial charge on any atom is 0.140 e. The van der Waals surface area contributed by atoms with Gasteiger partial charge in [-0.25, -0.2) is 0 Å². The van der Waals surface area contributed by atoms with Gasteiger partial charge in [-0.1, -0.05) is 136 Å². The normalized spacial score (nSPS) is 12.2. The summed E-state index contributed by atoms with van der Waals surface area (Å²) in [6.07, 6.45) is 28.9. The van der Waals surface area contributed by atoms with Crippen LogP contribution in [0.2, 0.25) is 0 Å². The summed E-state index contributed by atoms with van der Waals surface area (Å²) in [4.78, 5) is 24.1. The lowest BCUT2D eigenvalue weighted by Crippen LogP contribution is -2.08. The van der Waals surface area contributed by atoms with Crippen molar-refractivity contribution in [1.29, 1.82) is 0 Å². The van der Waals surface area contributed by atoms with E-state index in [0.717, 1.165) is 57.8 Å². The van der Waals surface area contributed by atoms with Crippen LogP contribution in [0.15, 0.2) is 0 Å². The highest BCUT2D eigenvalue weighted by atomic mass is 16.3. The quantitative estimate of drug-likeness (QED) is 0.0895. The van der Waals surface area contributed by atoms with E-state index in [9.17, 15) is 14.7 Å². The zero-order valence-corrected chi connectivity index (χ0v) is 23.2. The van der Waals surface area contributed by atoms with Crippen LogP contribution in [-0.2, 0) is 9.59 Å². The third-order valence-corrected chi connectivity index (χ3v) is 7.09. The van der Waals surface area contributed by atoms with E-state index < -0.39 is 0 Å². The van der Waals surface area contributed by atoms with Gasteiger partial charge in [0.25, 0.3) is 0 Å². The van der Waals surface area contributed by atoms with Crippen molar-refractivity contribution in [3.05, 3.63) is 0 Å². The molecule has 0 unspecified atom stereocenters. The number of ketones is 2. The van der Waals surface area contributed by atoms with Crippen LogP contribution < -0.4 is 0 Å². The Bertz CT molecular complexity index is 446. The fourth-order valence-corrected chi connectivity index (χ4v) is 4.74. The van der Waals surface area contributed by atoms with Gasteiger partial charge in [0, 0.05) is 12.8 Å². The first kappa shape index (κ1) is 33.3. The molecule has 0 aliphatic carbocycles. The van der Waals surface area contributed by atoms with E-state index in [1.54, 1.807) is 0 Å². The van der Waals surface area contributed by atoms with Gasteiger partial charge < -0.3 is 5.11 Å². The van der Waals surface area contributed by atoms with Crippen LogP contribution in [0.3, 0.4) is 0 Å². The zero-order chi connectivity index (χ0) is 25.1. The van der Waals surface area contributed by atoms with Gasteiger partial charge in [0.1, 0.15) is 11.6 Å². The number of carbonyl (C=O) groups excluding carboxylic acids is 2. The molecular formula is C31H60O3. The molecule has 0 aliphatic rings. The lowest BCUT2D eigenvalue weighted by molar-refractivity contribution is -0.127. The molecule has 0 heterocycles. The van der Waals surface area contributed by atoms with Crippen molar-refractivity contribution in [2.75, 3.05) is 0 Å². The fraction of sp³-hybridized carbons (Fsp3) is 0.935. The first-order valence-electron chi connectivity index (χ1n) is 15.3. The molecule has 0 aromatic rings. The lowest BCUT2D eigenvalue weighted by Gasteiger charge is -2.10. The molecule has 34 heavy (non-hydrogen) atoms. The number of aliphatic hydroxyl groups is 1. The summed E-state index contributed by atoms with van der Waals surface area (Å²) in [5.41, 5.74) is 0. The summed E-state index contributed by atoms with van der Waals surface area (Å²) >= 11 is 0. The molecule has 0 amide bonds. The Balaban J connectivity index is 3.38. The molecule has 3 heteroatoms. The van der Waals surface area contributed by atoms with Gasteiger partial charge in [0.15, 0.2) is 0 Å². The van der Waals surface area contributed by atoms with E-state index in [0.29, 0.717) is 12.8 Å². The third-order valence-electron chi connectivity index (χ3n) is 7.09. The van der Waals surface area contributed by atoms with Crippen LogP contribution >= 0.6 is 0 Å². The van der Waals surface area contributed by atoms with Crippen LogP contribution in [0.5, 0.6) is 0 Å². The van der Waals surface area contributed by atoms with Crippen LogP contribution in [0.4, 0.5) is 0 Å². The van der Waals surface area contributed by atoms with Crippen LogP contribution in [0, 0.1) is 0 Å². The highest BCUT2D eigenvalue weighted by molar-refractivity contribution is 5.98. The standard InChI is InChI=1S/C31H60O3/c1-3-5-7-9-10-11-12-13-14-15-16-17-22-26-30(33)28-31(34)27-23-19-18-21-25-29(32)24-20-8-6-4-2/h29,32H,3-28H2,1-2H3/t29-/m1/s1. The molecule has 0 saturated carbocycles. The van der Waals surface area contributed by atoms with Crippen molar-refractivity contribution in [3.8, 4) is 0 Å². The van der Waals surface area contributed by atoms with Gasteiger partial charge in [-0.05, 0) is 25.7 Å². The van der Waals surface area contributed by atoms with E-state index in [4.69, 9.17) is 0 Å². The Kier molecular flexibility index (Phi) is 26.3. The molecule has 202 valence electrons. The Morgan fingerprint density at radius 2 is 0.765 bits per heavy atom. The van der Waals surface area contributed by atoms with Crippen molar-refractivity contribution in [2.24, 2.45) is 0 Å². The Morgan fingerprint density at radius 3 is 1.15 bits per heavy atom. The lowest BCUT2D eigenvalue weighted by atomic mass is 10.0. The van der Waals surface area contributed by atoms with Crippen LogP contribution in [-0.4, -0.2) is 22.8 Å². The first-order chi connectivity index (χ1) is 16.6. The molecule has 3 nitrogen and oxygen atoms in total. The van der Waals surface area contributed by atoms with Gasteiger partial charge in [-0.15, -0.1) is 0 Å². The Morgan fingerprint density at radius 1 is 0.471 bits per heavy atom. The monoisotopic (exact) mass is 480 g/mol. The molecular weight excluding hydrogens is 420 g/mol. The van der Waals surface area contributed by atoms with E-state index in [-0.39, 0.29) is 24.1 Å². The van der Waals surface area contributed by atoms with E-state index in [2.05, 4.69) is 13.8 Å². The molecule has 0 aromatic carbocycles. The van der Waals surface area contributed by atoms with Crippen molar-refractivity contribution in [1.82, 2.24) is 0 Å². The number of hydrogen-bond acceptors (Lipinski definition) is 3. The molecule has 1 atom stereocenters. The Labute approximate surface area is 213 Å². The minimum atomic E-state index is -0.152. The molecule has 0 fully saturated rings. The molecule has 0 saturated heterocycles. The highest BCUT2D eigenvalue weighted by Crippen LogP contribution is 2.15. The fourth-order valence-electron chi connectivity index (χ4n) is 4.74.